The highest BCUT2D eigenvalue weighted by atomic mass is 16.5. The SMILES string of the molecule is CC1CCCC(OCCc2ccc(N)cc2)C1. The van der Waals surface area contributed by atoms with Crippen molar-refractivity contribution in [1.29, 1.82) is 0 Å². The number of nitrogen functional groups attached to an aromatic ring is 1. The van der Waals surface area contributed by atoms with E-state index in [0.717, 1.165) is 24.6 Å². The van der Waals surface area contributed by atoms with Crippen LogP contribution in [-0.4, -0.2) is 12.7 Å². The molecule has 0 radical (unpaired) electrons. The molecule has 0 heterocycles. The molecule has 94 valence electrons. The molecule has 1 aliphatic carbocycles. The molecule has 17 heavy (non-hydrogen) atoms. The van der Waals surface area contributed by atoms with Crippen LogP contribution in [0.2, 0.25) is 0 Å². The summed E-state index contributed by atoms with van der Waals surface area (Å²) >= 11 is 0. The van der Waals surface area contributed by atoms with Crippen LogP contribution < -0.4 is 5.73 Å². The number of hydrogen-bond acceptors (Lipinski definition) is 2. The van der Waals surface area contributed by atoms with E-state index in [9.17, 15) is 0 Å². The summed E-state index contributed by atoms with van der Waals surface area (Å²) in [6.07, 6.45) is 6.66. The highest BCUT2D eigenvalue weighted by Crippen LogP contribution is 2.25. The van der Waals surface area contributed by atoms with Gasteiger partial charge >= 0.3 is 0 Å². The predicted octanol–water partition coefficient (Wildman–Crippen LogP) is 3.41. The van der Waals surface area contributed by atoms with Crippen LogP contribution in [-0.2, 0) is 11.2 Å². The van der Waals surface area contributed by atoms with Crippen molar-refractivity contribution in [2.75, 3.05) is 12.3 Å². The third kappa shape index (κ3) is 4.04. The molecule has 0 saturated heterocycles. The topological polar surface area (TPSA) is 35.2 Å². The van der Waals surface area contributed by atoms with Crippen LogP contribution in [0.1, 0.15) is 38.2 Å². The van der Waals surface area contributed by atoms with Crippen molar-refractivity contribution in [2.45, 2.75) is 45.1 Å². The first-order valence-corrected chi connectivity index (χ1v) is 6.70. The largest absolute Gasteiger partial charge is 0.399 e. The van der Waals surface area contributed by atoms with Gasteiger partial charge in [-0.05, 0) is 42.9 Å². The number of anilines is 1. The normalized spacial score (nSPS) is 24.8. The van der Waals surface area contributed by atoms with E-state index in [1.54, 1.807) is 0 Å². The lowest BCUT2D eigenvalue weighted by Gasteiger charge is -2.26. The zero-order valence-corrected chi connectivity index (χ0v) is 10.7. The minimum Gasteiger partial charge on any atom is -0.399 e. The lowest BCUT2D eigenvalue weighted by Crippen LogP contribution is -2.22. The lowest BCUT2D eigenvalue weighted by molar-refractivity contribution is 0.0173. The molecule has 1 aromatic rings. The van der Waals surface area contributed by atoms with Crippen LogP contribution in [0.15, 0.2) is 24.3 Å². The van der Waals surface area contributed by atoms with E-state index < -0.39 is 0 Å². The third-order valence-corrected chi connectivity index (χ3v) is 3.61. The summed E-state index contributed by atoms with van der Waals surface area (Å²) in [5.41, 5.74) is 7.79. The van der Waals surface area contributed by atoms with Gasteiger partial charge in [-0.1, -0.05) is 31.9 Å². The number of rotatable bonds is 4. The van der Waals surface area contributed by atoms with Gasteiger partial charge in [0.05, 0.1) is 12.7 Å². The first-order chi connectivity index (χ1) is 8.24. The van der Waals surface area contributed by atoms with E-state index >= 15 is 0 Å². The first-order valence-electron chi connectivity index (χ1n) is 6.70. The van der Waals surface area contributed by atoms with E-state index in [0.29, 0.717) is 6.10 Å². The molecule has 2 rings (SSSR count). The Bertz CT molecular complexity index is 333. The van der Waals surface area contributed by atoms with Gasteiger partial charge in [-0.15, -0.1) is 0 Å². The number of ether oxygens (including phenoxy) is 1. The fourth-order valence-corrected chi connectivity index (χ4v) is 2.56. The van der Waals surface area contributed by atoms with Gasteiger partial charge in [0.15, 0.2) is 0 Å². The van der Waals surface area contributed by atoms with Crippen molar-refractivity contribution >= 4 is 5.69 Å². The first kappa shape index (κ1) is 12.4. The van der Waals surface area contributed by atoms with Crippen molar-refractivity contribution in [3.05, 3.63) is 29.8 Å². The third-order valence-electron chi connectivity index (χ3n) is 3.61. The van der Waals surface area contributed by atoms with E-state index in [2.05, 4.69) is 19.1 Å². The number of benzene rings is 1. The molecule has 1 aromatic carbocycles. The Kier molecular flexibility index (Phi) is 4.43. The standard InChI is InChI=1S/C15H23NO/c1-12-3-2-4-15(11-12)17-10-9-13-5-7-14(16)8-6-13/h5-8,12,15H,2-4,9-11,16H2,1H3. The molecule has 0 aliphatic heterocycles. The van der Waals surface area contributed by atoms with Crippen LogP contribution in [0.25, 0.3) is 0 Å². The number of hydrogen-bond donors (Lipinski definition) is 1. The summed E-state index contributed by atoms with van der Waals surface area (Å²) in [7, 11) is 0. The monoisotopic (exact) mass is 233 g/mol. The summed E-state index contributed by atoms with van der Waals surface area (Å²) < 4.78 is 5.96. The van der Waals surface area contributed by atoms with E-state index in [4.69, 9.17) is 10.5 Å². The van der Waals surface area contributed by atoms with Gasteiger partial charge in [0, 0.05) is 5.69 Å². The quantitative estimate of drug-likeness (QED) is 0.809. The molecule has 0 bridgehead atoms. The van der Waals surface area contributed by atoms with Gasteiger partial charge in [-0.25, -0.2) is 0 Å². The Balaban J connectivity index is 1.70. The molecule has 2 heteroatoms. The van der Waals surface area contributed by atoms with Crippen LogP contribution in [0, 0.1) is 5.92 Å². The summed E-state index contributed by atoms with van der Waals surface area (Å²) in [5, 5.41) is 0. The van der Waals surface area contributed by atoms with Gasteiger partial charge in [0.2, 0.25) is 0 Å². The molecule has 1 fully saturated rings. The summed E-state index contributed by atoms with van der Waals surface area (Å²) in [4.78, 5) is 0. The highest BCUT2D eigenvalue weighted by Gasteiger charge is 2.18. The zero-order chi connectivity index (χ0) is 12.1. The second-order valence-corrected chi connectivity index (χ2v) is 5.26. The molecule has 2 atom stereocenters. The fraction of sp³-hybridized carbons (Fsp3) is 0.600. The Labute approximate surface area is 104 Å². The lowest BCUT2D eigenvalue weighted by atomic mass is 9.89. The van der Waals surface area contributed by atoms with Gasteiger partial charge in [0.25, 0.3) is 0 Å². The van der Waals surface area contributed by atoms with E-state index in [-0.39, 0.29) is 0 Å². The maximum Gasteiger partial charge on any atom is 0.0577 e. The average Bonchev–Trinajstić information content (AvgIpc) is 2.32. The molecule has 1 aliphatic rings. The molecule has 0 spiro atoms. The second-order valence-electron chi connectivity index (χ2n) is 5.26. The minimum absolute atomic E-state index is 0.493. The van der Waals surface area contributed by atoms with Crippen LogP contribution in [0.3, 0.4) is 0 Å². The van der Waals surface area contributed by atoms with Crippen LogP contribution in [0.5, 0.6) is 0 Å². The van der Waals surface area contributed by atoms with Crippen LogP contribution in [0.4, 0.5) is 5.69 Å². The fourth-order valence-electron chi connectivity index (χ4n) is 2.56. The number of nitrogens with two attached hydrogens (primary N) is 1. The van der Waals surface area contributed by atoms with Gasteiger partial charge in [-0.3, -0.25) is 0 Å². The molecule has 2 unspecified atom stereocenters. The Hall–Kier alpha value is -1.02. The summed E-state index contributed by atoms with van der Waals surface area (Å²) in [6.45, 7) is 3.16. The molecular formula is C15H23NO. The molecule has 0 amide bonds. The Morgan fingerprint density at radius 2 is 2.00 bits per heavy atom. The van der Waals surface area contributed by atoms with E-state index in [1.165, 1.54) is 31.2 Å². The highest BCUT2D eigenvalue weighted by molar-refractivity contribution is 5.39. The van der Waals surface area contributed by atoms with Gasteiger partial charge < -0.3 is 10.5 Å². The average molecular weight is 233 g/mol. The van der Waals surface area contributed by atoms with Gasteiger partial charge in [-0.2, -0.15) is 0 Å². The zero-order valence-electron chi connectivity index (χ0n) is 10.7. The predicted molar refractivity (Wildman–Crippen MR) is 71.9 cm³/mol. The van der Waals surface area contributed by atoms with Crippen molar-refractivity contribution in [3.8, 4) is 0 Å². The Morgan fingerprint density at radius 3 is 2.71 bits per heavy atom. The minimum atomic E-state index is 0.493. The Morgan fingerprint density at radius 1 is 1.24 bits per heavy atom. The maximum absolute atomic E-state index is 5.96. The molecular weight excluding hydrogens is 210 g/mol. The molecule has 2 nitrogen and oxygen atoms in total. The van der Waals surface area contributed by atoms with Crippen molar-refractivity contribution in [3.63, 3.8) is 0 Å². The van der Waals surface area contributed by atoms with Gasteiger partial charge in [0.1, 0.15) is 0 Å². The van der Waals surface area contributed by atoms with Crippen molar-refractivity contribution < 1.29 is 4.74 Å². The van der Waals surface area contributed by atoms with Crippen LogP contribution >= 0.6 is 0 Å². The molecule has 0 aromatic heterocycles. The molecule has 2 N–H and O–H groups in total. The smallest absolute Gasteiger partial charge is 0.0577 e. The van der Waals surface area contributed by atoms with Crippen molar-refractivity contribution in [1.82, 2.24) is 0 Å². The van der Waals surface area contributed by atoms with Crippen molar-refractivity contribution in [2.24, 2.45) is 5.92 Å². The van der Waals surface area contributed by atoms with E-state index in [1.807, 2.05) is 12.1 Å². The molecule has 1 saturated carbocycles. The second kappa shape index (κ2) is 6.06. The summed E-state index contributed by atoms with van der Waals surface area (Å²) in [6, 6.07) is 8.08. The summed E-state index contributed by atoms with van der Waals surface area (Å²) in [5.74, 6) is 0.838. The maximum atomic E-state index is 5.96.